The Balaban J connectivity index is 3.22. The Morgan fingerprint density at radius 2 is 2.17 bits per heavy atom. The Morgan fingerprint density at radius 1 is 1.56 bits per heavy atom. The maximum Gasteiger partial charge on any atom is 0.251 e. The summed E-state index contributed by atoms with van der Waals surface area (Å²) < 4.78 is 26.2. The van der Waals surface area contributed by atoms with Crippen molar-refractivity contribution >= 4 is 37.3 Å². The van der Waals surface area contributed by atoms with Gasteiger partial charge in [-0.05, 0) is 24.6 Å². The molecule has 1 aromatic rings. The molecule has 0 fully saturated rings. The lowest BCUT2D eigenvalue weighted by molar-refractivity contribution is 0.585. The molecule has 98 valence electrons. The predicted molar refractivity (Wildman–Crippen MR) is 75.6 cm³/mol. The summed E-state index contributed by atoms with van der Waals surface area (Å²) in [6.45, 7) is 1.66. The molecule has 0 aliphatic carbocycles. The summed E-state index contributed by atoms with van der Waals surface area (Å²) in [5, 5.41) is 7.81. The molecule has 1 rings (SSSR count). The third kappa shape index (κ3) is 2.76. The topological polar surface area (TPSA) is 87.2 Å². The van der Waals surface area contributed by atoms with Gasteiger partial charge in [0.1, 0.15) is 0 Å². The van der Waals surface area contributed by atoms with Crippen LogP contribution in [0.3, 0.4) is 0 Å². The molecule has 1 atom stereocenters. The second-order valence-corrected chi connectivity index (χ2v) is 6.80. The number of hydrogen-bond donors (Lipinski definition) is 1. The molecule has 0 bridgehead atoms. The fraction of sp³-hybridized carbons (Fsp3) is 0.364. The summed E-state index contributed by atoms with van der Waals surface area (Å²) in [6.07, 6.45) is 0.236. The molecule has 1 aromatic carbocycles. The Morgan fingerprint density at radius 3 is 2.61 bits per heavy atom. The molecule has 0 amide bonds. The van der Waals surface area contributed by atoms with E-state index in [1.807, 2.05) is 0 Å². The summed E-state index contributed by atoms with van der Waals surface area (Å²) in [5.41, 5.74) is 6.49. The van der Waals surface area contributed by atoms with Crippen molar-refractivity contribution in [3.63, 3.8) is 0 Å². The first-order chi connectivity index (χ1) is 8.34. The number of benzene rings is 1. The molecule has 2 N–H and O–H groups in total. The minimum atomic E-state index is -3.71. The van der Waals surface area contributed by atoms with E-state index < -0.39 is 15.3 Å². The van der Waals surface area contributed by atoms with Crippen LogP contribution in [0, 0.1) is 11.3 Å². The molecule has 0 radical (unpaired) electrons. The van der Waals surface area contributed by atoms with Crippen molar-refractivity contribution in [3.05, 3.63) is 22.7 Å². The monoisotopic (exact) mass is 331 g/mol. The molecule has 0 heterocycles. The van der Waals surface area contributed by atoms with E-state index in [4.69, 9.17) is 11.0 Å². The van der Waals surface area contributed by atoms with Gasteiger partial charge in [0.15, 0.2) is 5.25 Å². The number of halogens is 1. The molecule has 0 spiro atoms. The lowest BCUT2D eigenvalue weighted by Gasteiger charge is -2.23. The molecule has 0 aliphatic heterocycles. The quantitative estimate of drug-likeness (QED) is 0.856. The molecule has 7 heteroatoms. The summed E-state index contributed by atoms with van der Waals surface area (Å²) in [4.78, 5) is 0. The number of hydrogen-bond acceptors (Lipinski definition) is 4. The van der Waals surface area contributed by atoms with Gasteiger partial charge in [-0.2, -0.15) is 5.26 Å². The highest BCUT2D eigenvalue weighted by Crippen LogP contribution is 2.29. The van der Waals surface area contributed by atoms with Crippen molar-refractivity contribution in [2.45, 2.75) is 18.6 Å². The van der Waals surface area contributed by atoms with Crippen LogP contribution in [0.1, 0.15) is 13.3 Å². The van der Waals surface area contributed by atoms with Gasteiger partial charge in [-0.3, -0.25) is 4.31 Å². The zero-order valence-corrected chi connectivity index (χ0v) is 12.5. The first-order valence-corrected chi connectivity index (χ1v) is 7.56. The first-order valence-electron chi connectivity index (χ1n) is 5.27. The lowest BCUT2D eigenvalue weighted by atomic mass is 10.3. The lowest BCUT2D eigenvalue weighted by Crippen LogP contribution is -2.35. The van der Waals surface area contributed by atoms with E-state index >= 15 is 0 Å². The summed E-state index contributed by atoms with van der Waals surface area (Å²) in [6, 6.07) is 6.71. The zero-order chi connectivity index (χ0) is 13.9. The summed E-state index contributed by atoms with van der Waals surface area (Å²) in [7, 11) is -2.31. The number of nitriles is 1. The highest BCUT2D eigenvalue weighted by molar-refractivity contribution is 9.10. The maximum atomic E-state index is 12.2. The number of nitrogens with two attached hydrogens (primary N) is 1. The number of rotatable bonds is 4. The Labute approximate surface area is 115 Å². The van der Waals surface area contributed by atoms with E-state index in [2.05, 4.69) is 15.9 Å². The summed E-state index contributed by atoms with van der Waals surface area (Å²) in [5.74, 6) is 0. The number of nitrogens with zero attached hydrogens (tertiary/aromatic N) is 2. The normalized spacial score (nSPS) is 12.8. The van der Waals surface area contributed by atoms with E-state index in [-0.39, 0.29) is 6.42 Å². The molecule has 5 nitrogen and oxygen atoms in total. The van der Waals surface area contributed by atoms with Crippen molar-refractivity contribution in [2.75, 3.05) is 17.1 Å². The second-order valence-electron chi connectivity index (χ2n) is 3.74. The van der Waals surface area contributed by atoms with Gasteiger partial charge in [0, 0.05) is 11.5 Å². The number of sulfonamides is 1. The highest BCUT2D eigenvalue weighted by atomic mass is 79.9. The Hall–Kier alpha value is -1.26. The van der Waals surface area contributed by atoms with E-state index in [0.29, 0.717) is 11.4 Å². The van der Waals surface area contributed by atoms with Gasteiger partial charge in [-0.25, -0.2) is 8.42 Å². The molecular formula is C11H14BrN3O2S. The molecule has 18 heavy (non-hydrogen) atoms. The fourth-order valence-corrected chi connectivity index (χ4v) is 3.26. The smallest absolute Gasteiger partial charge is 0.251 e. The van der Waals surface area contributed by atoms with Crippen LogP contribution < -0.4 is 10.0 Å². The molecule has 0 aliphatic rings. The van der Waals surface area contributed by atoms with Crippen molar-refractivity contribution in [3.8, 4) is 6.07 Å². The predicted octanol–water partition coefficient (Wildman–Crippen LogP) is 2.10. The van der Waals surface area contributed by atoms with Crippen LogP contribution in [0.15, 0.2) is 22.7 Å². The first kappa shape index (κ1) is 14.8. The van der Waals surface area contributed by atoms with Crippen molar-refractivity contribution in [2.24, 2.45) is 0 Å². The Kier molecular flexibility index (Phi) is 4.59. The van der Waals surface area contributed by atoms with Crippen LogP contribution in [0.4, 0.5) is 11.4 Å². The average Bonchev–Trinajstić information content (AvgIpc) is 2.29. The van der Waals surface area contributed by atoms with Crippen LogP contribution in [-0.2, 0) is 10.0 Å². The molecule has 0 saturated heterocycles. The van der Waals surface area contributed by atoms with Crippen LogP contribution in [0.5, 0.6) is 0 Å². The SMILES string of the molecule is CCC(C#N)S(=O)(=O)N(C)c1ccc(Br)cc1N. The van der Waals surface area contributed by atoms with Crippen LogP contribution in [0.25, 0.3) is 0 Å². The van der Waals surface area contributed by atoms with Gasteiger partial charge in [0.2, 0.25) is 0 Å². The van der Waals surface area contributed by atoms with Crippen LogP contribution >= 0.6 is 15.9 Å². The third-order valence-electron chi connectivity index (χ3n) is 2.58. The number of nitrogen functional groups attached to an aromatic ring is 1. The third-order valence-corrected chi connectivity index (χ3v) is 5.20. The number of anilines is 2. The van der Waals surface area contributed by atoms with Gasteiger partial charge < -0.3 is 5.73 Å². The highest BCUT2D eigenvalue weighted by Gasteiger charge is 2.29. The molecule has 0 aromatic heterocycles. The Bertz CT molecular complexity index is 580. The molecular weight excluding hydrogens is 318 g/mol. The van der Waals surface area contributed by atoms with Gasteiger partial charge in [-0.15, -0.1) is 0 Å². The van der Waals surface area contributed by atoms with E-state index in [1.54, 1.807) is 31.2 Å². The maximum absolute atomic E-state index is 12.2. The summed E-state index contributed by atoms with van der Waals surface area (Å²) >= 11 is 3.25. The minimum Gasteiger partial charge on any atom is -0.397 e. The average molecular weight is 332 g/mol. The fourth-order valence-electron chi connectivity index (χ4n) is 1.51. The molecule has 0 saturated carbocycles. The van der Waals surface area contributed by atoms with E-state index in [0.717, 1.165) is 8.78 Å². The van der Waals surface area contributed by atoms with Crippen molar-refractivity contribution in [1.82, 2.24) is 0 Å². The van der Waals surface area contributed by atoms with Crippen LogP contribution in [0.2, 0.25) is 0 Å². The van der Waals surface area contributed by atoms with Crippen molar-refractivity contribution in [1.29, 1.82) is 5.26 Å². The van der Waals surface area contributed by atoms with E-state index in [9.17, 15) is 8.42 Å². The standard InChI is InChI=1S/C11H14BrN3O2S/c1-3-9(7-13)18(16,17)15(2)11-5-4-8(12)6-10(11)14/h4-6,9H,3,14H2,1-2H3. The largest absolute Gasteiger partial charge is 0.397 e. The van der Waals surface area contributed by atoms with Gasteiger partial charge in [0.05, 0.1) is 17.4 Å². The van der Waals surface area contributed by atoms with Gasteiger partial charge in [0.25, 0.3) is 10.0 Å². The second kappa shape index (κ2) is 5.59. The minimum absolute atomic E-state index is 0.236. The molecule has 1 unspecified atom stereocenters. The van der Waals surface area contributed by atoms with Crippen molar-refractivity contribution < 1.29 is 8.42 Å². The van der Waals surface area contributed by atoms with Gasteiger partial charge >= 0.3 is 0 Å². The van der Waals surface area contributed by atoms with Gasteiger partial charge in [-0.1, -0.05) is 22.9 Å². The van der Waals surface area contributed by atoms with E-state index in [1.165, 1.54) is 7.05 Å². The van der Waals surface area contributed by atoms with Crippen LogP contribution in [-0.4, -0.2) is 20.7 Å². The zero-order valence-electron chi connectivity index (χ0n) is 10.1.